The molecule has 0 aliphatic carbocycles. The smallest absolute Gasteiger partial charge is 0.119 e. The van der Waals surface area contributed by atoms with Crippen LogP contribution in [-0.4, -0.2) is 13.7 Å². The molecule has 0 fully saturated rings. The molecule has 0 saturated carbocycles. The van der Waals surface area contributed by atoms with Gasteiger partial charge in [-0.1, -0.05) is 36.4 Å². The highest BCUT2D eigenvalue weighted by Gasteiger charge is 1.91. The number of rotatable bonds is 5. The van der Waals surface area contributed by atoms with Gasteiger partial charge in [-0.05, 0) is 35.9 Å². The molecule has 0 N–H and O–H groups in total. The zero-order valence-electron chi connectivity index (χ0n) is 10.4. The van der Waals surface area contributed by atoms with Crippen molar-refractivity contribution in [2.75, 3.05) is 13.7 Å². The molecule has 0 spiro atoms. The van der Waals surface area contributed by atoms with Crippen molar-refractivity contribution in [3.05, 3.63) is 66.2 Å². The summed E-state index contributed by atoms with van der Waals surface area (Å²) in [6.07, 6.45) is 4.01. The Bertz CT molecular complexity index is 504. The molecule has 0 saturated heterocycles. The standard InChI is InChI=1S/C16H16O2/c1-17-16-11-5-7-14(13-16)8-6-12-18-15-9-3-2-4-10-15/h2-11,13H,12H2,1H3. The third-order valence-electron chi connectivity index (χ3n) is 2.49. The molecule has 2 heteroatoms. The van der Waals surface area contributed by atoms with Crippen LogP contribution in [0.5, 0.6) is 11.5 Å². The van der Waals surface area contributed by atoms with Crippen LogP contribution in [0, 0.1) is 0 Å². The van der Waals surface area contributed by atoms with Crippen LogP contribution < -0.4 is 9.47 Å². The van der Waals surface area contributed by atoms with Gasteiger partial charge < -0.3 is 9.47 Å². The monoisotopic (exact) mass is 240 g/mol. The van der Waals surface area contributed by atoms with Gasteiger partial charge in [0.15, 0.2) is 0 Å². The van der Waals surface area contributed by atoms with Gasteiger partial charge in [-0.3, -0.25) is 0 Å². The van der Waals surface area contributed by atoms with Crippen molar-refractivity contribution in [3.8, 4) is 11.5 Å². The van der Waals surface area contributed by atoms with Crippen LogP contribution in [0.25, 0.3) is 6.08 Å². The Morgan fingerprint density at radius 2 is 1.72 bits per heavy atom. The lowest BCUT2D eigenvalue weighted by Gasteiger charge is -2.02. The predicted octanol–water partition coefficient (Wildman–Crippen LogP) is 3.79. The minimum Gasteiger partial charge on any atom is -0.497 e. The molecule has 0 bridgehead atoms. The second kappa shape index (κ2) is 6.50. The van der Waals surface area contributed by atoms with E-state index < -0.39 is 0 Å². The van der Waals surface area contributed by atoms with E-state index in [9.17, 15) is 0 Å². The van der Waals surface area contributed by atoms with Gasteiger partial charge in [0.25, 0.3) is 0 Å². The second-order valence-electron chi connectivity index (χ2n) is 3.80. The molecule has 2 rings (SSSR count). The van der Waals surface area contributed by atoms with E-state index in [2.05, 4.69) is 0 Å². The largest absolute Gasteiger partial charge is 0.497 e. The Balaban J connectivity index is 1.87. The Hall–Kier alpha value is -2.22. The quantitative estimate of drug-likeness (QED) is 0.791. The maximum Gasteiger partial charge on any atom is 0.119 e. The fourth-order valence-electron chi connectivity index (χ4n) is 1.59. The van der Waals surface area contributed by atoms with Gasteiger partial charge in [0.05, 0.1) is 7.11 Å². The summed E-state index contributed by atoms with van der Waals surface area (Å²) in [4.78, 5) is 0. The Kier molecular flexibility index (Phi) is 4.42. The molecule has 0 aromatic heterocycles. The zero-order valence-corrected chi connectivity index (χ0v) is 10.4. The first-order chi connectivity index (χ1) is 8.88. The average molecular weight is 240 g/mol. The third kappa shape index (κ3) is 3.67. The van der Waals surface area contributed by atoms with Crippen molar-refractivity contribution < 1.29 is 9.47 Å². The summed E-state index contributed by atoms with van der Waals surface area (Å²) < 4.78 is 10.7. The maximum atomic E-state index is 5.57. The summed E-state index contributed by atoms with van der Waals surface area (Å²) in [7, 11) is 1.67. The minimum absolute atomic E-state index is 0.557. The van der Waals surface area contributed by atoms with Crippen molar-refractivity contribution in [1.29, 1.82) is 0 Å². The van der Waals surface area contributed by atoms with Gasteiger partial charge in [-0.15, -0.1) is 0 Å². The Morgan fingerprint density at radius 1 is 0.944 bits per heavy atom. The first kappa shape index (κ1) is 12.2. The molecule has 0 amide bonds. The molecule has 0 atom stereocenters. The highest BCUT2D eigenvalue weighted by molar-refractivity contribution is 5.51. The van der Waals surface area contributed by atoms with Gasteiger partial charge in [-0.2, -0.15) is 0 Å². The molecule has 0 aliphatic rings. The van der Waals surface area contributed by atoms with E-state index in [0.717, 1.165) is 17.1 Å². The molecule has 0 unspecified atom stereocenters. The normalized spacial score (nSPS) is 10.5. The Morgan fingerprint density at radius 3 is 2.50 bits per heavy atom. The topological polar surface area (TPSA) is 18.5 Å². The predicted molar refractivity (Wildman–Crippen MR) is 74.0 cm³/mol. The van der Waals surface area contributed by atoms with Crippen molar-refractivity contribution in [3.63, 3.8) is 0 Å². The van der Waals surface area contributed by atoms with Gasteiger partial charge >= 0.3 is 0 Å². The van der Waals surface area contributed by atoms with Crippen LogP contribution in [0.1, 0.15) is 5.56 Å². The van der Waals surface area contributed by atoms with Gasteiger partial charge in [0.2, 0.25) is 0 Å². The summed E-state index contributed by atoms with van der Waals surface area (Å²) in [6.45, 7) is 0.557. The first-order valence-electron chi connectivity index (χ1n) is 5.87. The van der Waals surface area contributed by atoms with E-state index in [0.29, 0.717) is 6.61 Å². The minimum atomic E-state index is 0.557. The first-order valence-corrected chi connectivity index (χ1v) is 5.87. The second-order valence-corrected chi connectivity index (χ2v) is 3.80. The van der Waals surface area contributed by atoms with Gasteiger partial charge in [0.1, 0.15) is 18.1 Å². The van der Waals surface area contributed by atoms with Crippen LogP contribution >= 0.6 is 0 Å². The summed E-state index contributed by atoms with van der Waals surface area (Å²) in [6, 6.07) is 17.7. The number of para-hydroxylation sites is 1. The zero-order chi connectivity index (χ0) is 12.6. The van der Waals surface area contributed by atoms with Crippen molar-refractivity contribution in [2.45, 2.75) is 0 Å². The number of hydrogen-bond donors (Lipinski definition) is 0. The fourth-order valence-corrected chi connectivity index (χ4v) is 1.59. The van der Waals surface area contributed by atoms with Crippen LogP contribution in [0.2, 0.25) is 0 Å². The number of hydrogen-bond acceptors (Lipinski definition) is 2. The molecular weight excluding hydrogens is 224 g/mol. The number of benzene rings is 2. The van der Waals surface area contributed by atoms with E-state index in [-0.39, 0.29) is 0 Å². The summed E-state index contributed by atoms with van der Waals surface area (Å²) in [5.41, 5.74) is 1.10. The van der Waals surface area contributed by atoms with E-state index in [1.807, 2.05) is 66.7 Å². The summed E-state index contributed by atoms with van der Waals surface area (Å²) in [5, 5.41) is 0. The van der Waals surface area contributed by atoms with Crippen molar-refractivity contribution in [2.24, 2.45) is 0 Å². The lowest BCUT2D eigenvalue weighted by Crippen LogP contribution is -1.92. The molecule has 2 aromatic carbocycles. The maximum absolute atomic E-state index is 5.57. The fraction of sp³-hybridized carbons (Fsp3) is 0.125. The van der Waals surface area contributed by atoms with Crippen LogP contribution in [-0.2, 0) is 0 Å². The third-order valence-corrected chi connectivity index (χ3v) is 2.49. The van der Waals surface area contributed by atoms with Crippen molar-refractivity contribution >= 4 is 6.08 Å². The van der Waals surface area contributed by atoms with Crippen LogP contribution in [0.15, 0.2) is 60.7 Å². The lowest BCUT2D eigenvalue weighted by molar-refractivity contribution is 0.363. The van der Waals surface area contributed by atoms with E-state index in [4.69, 9.17) is 9.47 Å². The average Bonchev–Trinajstić information content (AvgIpc) is 2.45. The summed E-state index contributed by atoms with van der Waals surface area (Å²) >= 11 is 0. The van der Waals surface area contributed by atoms with Crippen molar-refractivity contribution in [1.82, 2.24) is 0 Å². The SMILES string of the molecule is COc1cccc(C=CCOc2ccccc2)c1. The molecule has 0 radical (unpaired) electrons. The van der Waals surface area contributed by atoms with E-state index >= 15 is 0 Å². The molecule has 0 heterocycles. The summed E-state index contributed by atoms with van der Waals surface area (Å²) in [5.74, 6) is 1.74. The molecule has 2 aromatic rings. The number of ether oxygens (including phenoxy) is 2. The Labute approximate surface area is 107 Å². The van der Waals surface area contributed by atoms with Crippen LogP contribution in [0.3, 0.4) is 0 Å². The van der Waals surface area contributed by atoms with E-state index in [1.165, 1.54) is 0 Å². The molecule has 18 heavy (non-hydrogen) atoms. The molecule has 92 valence electrons. The molecule has 0 aliphatic heterocycles. The highest BCUT2D eigenvalue weighted by atomic mass is 16.5. The molecular formula is C16H16O2. The highest BCUT2D eigenvalue weighted by Crippen LogP contribution is 2.14. The lowest BCUT2D eigenvalue weighted by atomic mass is 10.2. The van der Waals surface area contributed by atoms with E-state index in [1.54, 1.807) is 7.11 Å². The number of methoxy groups -OCH3 is 1. The van der Waals surface area contributed by atoms with Gasteiger partial charge in [0, 0.05) is 0 Å². The van der Waals surface area contributed by atoms with Crippen LogP contribution in [0.4, 0.5) is 0 Å². The van der Waals surface area contributed by atoms with Gasteiger partial charge in [-0.25, -0.2) is 0 Å². The molecule has 2 nitrogen and oxygen atoms in total.